The lowest BCUT2D eigenvalue weighted by molar-refractivity contribution is -0.129. The number of carbonyl (C=O) groups is 2. The van der Waals surface area contributed by atoms with Gasteiger partial charge in [-0.05, 0) is 12.8 Å². The molecular formula is C11H17N5O2. The summed E-state index contributed by atoms with van der Waals surface area (Å²) in [5, 5.41) is 8.99. The second-order valence-electron chi connectivity index (χ2n) is 4.23. The minimum absolute atomic E-state index is 0.00876. The third-order valence-electron chi connectivity index (χ3n) is 2.93. The first-order valence-corrected chi connectivity index (χ1v) is 6.18. The van der Waals surface area contributed by atoms with Gasteiger partial charge in [0.15, 0.2) is 0 Å². The minimum Gasteiger partial charge on any atom is -0.341 e. The van der Waals surface area contributed by atoms with Crippen molar-refractivity contribution >= 4 is 11.8 Å². The van der Waals surface area contributed by atoms with Crippen LogP contribution in [-0.4, -0.2) is 51.5 Å². The summed E-state index contributed by atoms with van der Waals surface area (Å²) in [4.78, 5) is 29.1. The van der Waals surface area contributed by atoms with Crippen molar-refractivity contribution in [1.29, 1.82) is 0 Å². The average Bonchev–Trinajstić information content (AvgIpc) is 3.05. The number of nitrogens with one attached hydrogen (secondary N) is 2. The van der Waals surface area contributed by atoms with Crippen molar-refractivity contribution < 1.29 is 9.59 Å². The van der Waals surface area contributed by atoms with Gasteiger partial charge in [0.1, 0.15) is 5.82 Å². The van der Waals surface area contributed by atoms with E-state index in [1.165, 1.54) is 0 Å². The Hall–Kier alpha value is -1.92. The Bertz CT molecular complexity index is 436. The molecule has 0 saturated carbocycles. The van der Waals surface area contributed by atoms with E-state index in [-0.39, 0.29) is 18.3 Å². The van der Waals surface area contributed by atoms with Crippen molar-refractivity contribution in [3.8, 4) is 0 Å². The Morgan fingerprint density at radius 3 is 2.72 bits per heavy atom. The van der Waals surface area contributed by atoms with Crippen LogP contribution in [0.4, 0.5) is 0 Å². The predicted molar refractivity (Wildman–Crippen MR) is 63.9 cm³/mol. The van der Waals surface area contributed by atoms with Crippen molar-refractivity contribution in [1.82, 2.24) is 25.4 Å². The minimum atomic E-state index is -0.418. The number of likely N-dealkylation sites (tertiary alicyclic amines) is 1. The zero-order valence-electron chi connectivity index (χ0n) is 10.4. The van der Waals surface area contributed by atoms with Crippen LogP contribution in [0.15, 0.2) is 0 Å². The maximum atomic E-state index is 11.7. The van der Waals surface area contributed by atoms with Gasteiger partial charge >= 0.3 is 0 Å². The lowest BCUT2D eigenvalue weighted by Gasteiger charge is -2.14. The fraction of sp³-hybridized carbons (Fsp3) is 0.636. The number of hydrogen-bond acceptors (Lipinski definition) is 4. The molecule has 2 amide bonds. The molecule has 1 aromatic heterocycles. The molecule has 0 spiro atoms. The first-order valence-electron chi connectivity index (χ1n) is 6.18. The largest absolute Gasteiger partial charge is 0.341 e. The maximum absolute atomic E-state index is 11.7. The lowest BCUT2D eigenvalue weighted by atomic mass is 10.4. The first kappa shape index (κ1) is 12.5. The number of amides is 2. The smallest absolute Gasteiger partial charge is 0.291 e. The van der Waals surface area contributed by atoms with Gasteiger partial charge in [0, 0.05) is 19.5 Å². The Morgan fingerprint density at radius 2 is 2.11 bits per heavy atom. The molecule has 2 N–H and O–H groups in total. The van der Waals surface area contributed by atoms with Gasteiger partial charge in [0.05, 0.1) is 6.54 Å². The third-order valence-corrected chi connectivity index (χ3v) is 2.93. The van der Waals surface area contributed by atoms with Gasteiger partial charge in [-0.2, -0.15) is 0 Å². The fourth-order valence-electron chi connectivity index (χ4n) is 1.87. The molecule has 1 fully saturated rings. The van der Waals surface area contributed by atoms with Gasteiger partial charge in [0.25, 0.3) is 5.91 Å². The van der Waals surface area contributed by atoms with Crippen LogP contribution in [0.3, 0.4) is 0 Å². The fourth-order valence-corrected chi connectivity index (χ4v) is 1.87. The topological polar surface area (TPSA) is 91.0 Å². The summed E-state index contributed by atoms with van der Waals surface area (Å²) in [6, 6.07) is 0. The summed E-state index contributed by atoms with van der Waals surface area (Å²) < 4.78 is 0. The quantitative estimate of drug-likeness (QED) is 0.770. The van der Waals surface area contributed by atoms with E-state index < -0.39 is 5.91 Å². The lowest BCUT2D eigenvalue weighted by Crippen LogP contribution is -2.38. The van der Waals surface area contributed by atoms with E-state index in [9.17, 15) is 9.59 Å². The molecule has 7 nitrogen and oxygen atoms in total. The summed E-state index contributed by atoms with van der Waals surface area (Å²) in [5.41, 5.74) is 0. The van der Waals surface area contributed by atoms with E-state index in [4.69, 9.17) is 0 Å². The SMILES string of the molecule is CCc1nc(C(=O)NCC(=O)N2CCCC2)n[nH]1. The molecule has 0 aromatic carbocycles. The van der Waals surface area contributed by atoms with Crippen LogP contribution in [0, 0.1) is 0 Å². The molecule has 0 bridgehead atoms. The molecule has 0 atom stereocenters. The number of nitrogens with zero attached hydrogens (tertiary/aromatic N) is 3. The summed E-state index contributed by atoms with van der Waals surface area (Å²) in [6.45, 7) is 3.50. The van der Waals surface area contributed by atoms with E-state index in [1.807, 2.05) is 6.92 Å². The molecule has 0 aliphatic carbocycles. The van der Waals surface area contributed by atoms with E-state index >= 15 is 0 Å². The van der Waals surface area contributed by atoms with Gasteiger partial charge in [-0.15, -0.1) is 5.10 Å². The van der Waals surface area contributed by atoms with E-state index in [1.54, 1.807) is 4.90 Å². The molecule has 0 radical (unpaired) electrons. The molecule has 2 rings (SSSR count). The Kier molecular flexibility index (Phi) is 3.91. The predicted octanol–water partition coefficient (Wildman–Crippen LogP) is -0.281. The Balaban J connectivity index is 1.82. The molecular weight excluding hydrogens is 234 g/mol. The molecule has 1 aliphatic rings. The summed E-state index contributed by atoms with van der Waals surface area (Å²) >= 11 is 0. The van der Waals surface area contributed by atoms with Gasteiger partial charge in [-0.1, -0.05) is 6.92 Å². The zero-order chi connectivity index (χ0) is 13.0. The number of aryl methyl sites for hydroxylation is 1. The number of rotatable bonds is 4. The van der Waals surface area contributed by atoms with Gasteiger partial charge < -0.3 is 10.2 Å². The standard InChI is InChI=1S/C11H17N5O2/c1-2-8-13-10(15-14-8)11(18)12-7-9(17)16-5-3-4-6-16/h2-7H2,1H3,(H,12,18)(H,13,14,15). The number of carbonyl (C=O) groups excluding carboxylic acids is 2. The van der Waals surface area contributed by atoms with Crippen LogP contribution in [0.5, 0.6) is 0 Å². The summed E-state index contributed by atoms with van der Waals surface area (Å²) in [5.74, 6) is 0.276. The summed E-state index contributed by atoms with van der Waals surface area (Å²) in [7, 11) is 0. The molecule has 18 heavy (non-hydrogen) atoms. The number of aromatic nitrogens is 3. The van der Waals surface area contributed by atoms with E-state index in [0.29, 0.717) is 12.2 Å². The second-order valence-corrected chi connectivity index (χ2v) is 4.23. The van der Waals surface area contributed by atoms with Crippen LogP contribution in [0.2, 0.25) is 0 Å². The summed E-state index contributed by atoms with van der Waals surface area (Å²) in [6.07, 6.45) is 2.77. The van der Waals surface area contributed by atoms with E-state index in [0.717, 1.165) is 25.9 Å². The highest BCUT2D eigenvalue weighted by Crippen LogP contribution is 2.06. The third kappa shape index (κ3) is 2.85. The average molecular weight is 251 g/mol. The first-order chi connectivity index (χ1) is 8.70. The molecule has 1 aromatic rings. The Labute approximate surface area is 105 Å². The normalized spacial score (nSPS) is 14.8. The van der Waals surface area contributed by atoms with Crippen molar-refractivity contribution in [2.75, 3.05) is 19.6 Å². The van der Waals surface area contributed by atoms with Gasteiger partial charge in [-0.25, -0.2) is 4.98 Å². The zero-order valence-corrected chi connectivity index (χ0v) is 10.4. The second kappa shape index (κ2) is 5.61. The maximum Gasteiger partial charge on any atom is 0.291 e. The van der Waals surface area contributed by atoms with Gasteiger partial charge in [0.2, 0.25) is 11.7 Å². The van der Waals surface area contributed by atoms with E-state index in [2.05, 4.69) is 20.5 Å². The molecule has 1 aliphatic heterocycles. The molecule has 0 unspecified atom stereocenters. The van der Waals surface area contributed by atoms with Crippen molar-refractivity contribution in [2.45, 2.75) is 26.2 Å². The van der Waals surface area contributed by atoms with Crippen LogP contribution in [-0.2, 0) is 11.2 Å². The van der Waals surface area contributed by atoms with Crippen molar-refractivity contribution in [3.05, 3.63) is 11.6 Å². The highest BCUT2D eigenvalue weighted by Gasteiger charge is 2.19. The van der Waals surface area contributed by atoms with Crippen molar-refractivity contribution in [3.63, 3.8) is 0 Å². The van der Waals surface area contributed by atoms with Crippen LogP contribution < -0.4 is 5.32 Å². The highest BCUT2D eigenvalue weighted by atomic mass is 16.2. The molecule has 7 heteroatoms. The molecule has 2 heterocycles. The number of aromatic amines is 1. The monoisotopic (exact) mass is 251 g/mol. The number of H-pyrrole nitrogens is 1. The van der Waals surface area contributed by atoms with Crippen molar-refractivity contribution in [2.24, 2.45) is 0 Å². The molecule has 98 valence electrons. The Morgan fingerprint density at radius 1 is 1.39 bits per heavy atom. The van der Waals surface area contributed by atoms with Crippen LogP contribution in [0.1, 0.15) is 36.2 Å². The van der Waals surface area contributed by atoms with Gasteiger partial charge in [-0.3, -0.25) is 14.7 Å². The number of hydrogen-bond donors (Lipinski definition) is 2. The van der Waals surface area contributed by atoms with Crippen LogP contribution >= 0.6 is 0 Å². The van der Waals surface area contributed by atoms with Crippen LogP contribution in [0.25, 0.3) is 0 Å². The highest BCUT2D eigenvalue weighted by molar-refractivity contribution is 5.93. The molecule has 1 saturated heterocycles.